The van der Waals surface area contributed by atoms with Crippen LogP contribution in [0.5, 0.6) is 0 Å². The van der Waals surface area contributed by atoms with E-state index in [1.165, 1.54) is 17.8 Å². The summed E-state index contributed by atoms with van der Waals surface area (Å²) in [6.07, 6.45) is 3.61. The molecule has 0 bridgehead atoms. The van der Waals surface area contributed by atoms with E-state index in [9.17, 15) is 14.0 Å². The van der Waals surface area contributed by atoms with Crippen molar-refractivity contribution in [3.8, 4) is 0 Å². The minimum absolute atomic E-state index is 0.135. The third kappa shape index (κ3) is 5.56. The Labute approximate surface area is 174 Å². The van der Waals surface area contributed by atoms with Crippen LogP contribution in [0.15, 0.2) is 23.4 Å². The van der Waals surface area contributed by atoms with Gasteiger partial charge in [0.15, 0.2) is 11.0 Å². The van der Waals surface area contributed by atoms with E-state index >= 15 is 0 Å². The number of halogens is 1. The summed E-state index contributed by atoms with van der Waals surface area (Å²) in [6.45, 7) is 5.49. The Kier molecular flexibility index (Phi) is 7.24. The average Bonchev–Trinajstić information content (AvgIpc) is 2.97. The fourth-order valence-electron chi connectivity index (χ4n) is 3.23. The van der Waals surface area contributed by atoms with Crippen molar-refractivity contribution >= 4 is 29.3 Å². The number of hydrogen-bond acceptors (Lipinski definition) is 5. The summed E-state index contributed by atoms with van der Waals surface area (Å²) in [4.78, 5) is 26.3. The number of benzene rings is 1. The molecule has 156 valence electrons. The summed E-state index contributed by atoms with van der Waals surface area (Å²) in [6, 6.07) is 4.61. The zero-order valence-corrected chi connectivity index (χ0v) is 17.6. The first-order valence-electron chi connectivity index (χ1n) is 9.86. The molecule has 0 unspecified atom stereocenters. The van der Waals surface area contributed by atoms with Crippen LogP contribution in [0.3, 0.4) is 0 Å². The molecule has 0 atom stereocenters. The van der Waals surface area contributed by atoms with Gasteiger partial charge >= 0.3 is 0 Å². The number of nitrogens with one attached hydrogen (secondary N) is 1. The minimum Gasteiger partial charge on any atom is -0.335 e. The van der Waals surface area contributed by atoms with Gasteiger partial charge in [0.05, 0.1) is 12.3 Å². The summed E-state index contributed by atoms with van der Waals surface area (Å²) in [7, 11) is 0. The molecule has 29 heavy (non-hydrogen) atoms. The molecule has 2 heterocycles. The van der Waals surface area contributed by atoms with Crippen LogP contribution in [-0.2, 0) is 22.7 Å². The van der Waals surface area contributed by atoms with E-state index in [-0.39, 0.29) is 23.4 Å². The van der Waals surface area contributed by atoms with Gasteiger partial charge in [0, 0.05) is 25.2 Å². The van der Waals surface area contributed by atoms with Crippen molar-refractivity contribution in [1.29, 1.82) is 0 Å². The lowest BCUT2D eigenvalue weighted by molar-refractivity contribution is -0.131. The number of aromatic nitrogens is 3. The molecule has 1 aromatic carbocycles. The Balaban J connectivity index is 1.60. The molecule has 0 aliphatic carbocycles. The van der Waals surface area contributed by atoms with Crippen LogP contribution in [0.4, 0.5) is 10.1 Å². The number of hydrogen-bond donors (Lipinski definition) is 1. The molecule has 0 spiro atoms. The summed E-state index contributed by atoms with van der Waals surface area (Å²) >= 11 is 1.27. The number of carbonyl (C=O) groups is 2. The molecule has 3 rings (SSSR count). The van der Waals surface area contributed by atoms with Crippen molar-refractivity contribution in [2.75, 3.05) is 17.6 Å². The molecule has 1 N–H and O–H groups in total. The Morgan fingerprint density at radius 1 is 1.28 bits per heavy atom. The number of carbonyl (C=O) groups excluding carboxylic acids is 2. The molecule has 1 aliphatic heterocycles. The molecule has 2 aromatic rings. The van der Waals surface area contributed by atoms with Gasteiger partial charge in [0.25, 0.3) is 0 Å². The summed E-state index contributed by atoms with van der Waals surface area (Å²) in [5, 5.41) is 11.8. The van der Waals surface area contributed by atoms with Crippen LogP contribution in [-0.4, -0.2) is 43.8 Å². The van der Waals surface area contributed by atoms with Crippen LogP contribution in [0.2, 0.25) is 0 Å². The Hall–Kier alpha value is -2.42. The topological polar surface area (TPSA) is 80.1 Å². The van der Waals surface area contributed by atoms with Gasteiger partial charge in [-0.3, -0.25) is 9.59 Å². The first-order valence-corrected chi connectivity index (χ1v) is 10.8. The molecule has 1 aliphatic rings. The van der Waals surface area contributed by atoms with Gasteiger partial charge < -0.3 is 14.8 Å². The predicted octanol–water partition coefficient (Wildman–Crippen LogP) is 3.38. The van der Waals surface area contributed by atoms with Crippen molar-refractivity contribution in [2.24, 2.45) is 0 Å². The maximum atomic E-state index is 13.6. The van der Waals surface area contributed by atoms with Gasteiger partial charge in [-0.25, -0.2) is 4.39 Å². The van der Waals surface area contributed by atoms with Gasteiger partial charge in [-0.15, -0.1) is 10.2 Å². The normalized spacial score (nSPS) is 14.7. The first kappa shape index (κ1) is 21.3. The largest absolute Gasteiger partial charge is 0.335 e. The highest BCUT2D eigenvalue weighted by Gasteiger charge is 2.21. The number of anilines is 1. The average molecular weight is 420 g/mol. The van der Waals surface area contributed by atoms with Crippen LogP contribution in [0, 0.1) is 12.7 Å². The third-order valence-electron chi connectivity index (χ3n) is 4.90. The molecular weight excluding hydrogens is 393 g/mol. The maximum Gasteiger partial charge on any atom is 0.234 e. The fraction of sp³-hybridized carbons (Fsp3) is 0.500. The fourth-order valence-corrected chi connectivity index (χ4v) is 4.06. The van der Waals surface area contributed by atoms with E-state index in [1.54, 1.807) is 19.1 Å². The summed E-state index contributed by atoms with van der Waals surface area (Å²) in [5.74, 6) is 0.427. The zero-order chi connectivity index (χ0) is 20.8. The number of thioether (sulfide) groups is 1. The molecule has 9 heteroatoms. The molecule has 0 saturated carbocycles. The van der Waals surface area contributed by atoms with Crippen molar-refractivity contribution in [3.63, 3.8) is 0 Å². The van der Waals surface area contributed by atoms with Crippen LogP contribution in [0.1, 0.15) is 44.0 Å². The molecule has 1 fully saturated rings. The monoisotopic (exact) mass is 419 g/mol. The highest BCUT2D eigenvalue weighted by Crippen LogP contribution is 2.20. The second kappa shape index (κ2) is 9.87. The van der Waals surface area contributed by atoms with Crippen molar-refractivity contribution in [3.05, 3.63) is 35.4 Å². The molecule has 7 nitrogen and oxygen atoms in total. The third-order valence-corrected chi connectivity index (χ3v) is 5.87. The summed E-state index contributed by atoms with van der Waals surface area (Å²) < 4.78 is 15.6. The minimum atomic E-state index is -0.353. The van der Waals surface area contributed by atoms with E-state index in [0.717, 1.165) is 31.6 Å². The van der Waals surface area contributed by atoms with Crippen molar-refractivity contribution in [1.82, 2.24) is 19.7 Å². The lowest BCUT2D eigenvalue weighted by atomic mass is 10.2. The first-order chi connectivity index (χ1) is 14.0. The van der Waals surface area contributed by atoms with Gasteiger partial charge in [-0.05, 0) is 44.4 Å². The predicted molar refractivity (Wildman–Crippen MR) is 110 cm³/mol. The number of aryl methyl sites for hydroxylation is 1. The van der Waals surface area contributed by atoms with Crippen LogP contribution >= 0.6 is 11.8 Å². The van der Waals surface area contributed by atoms with E-state index < -0.39 is 0 Å². The van der Waals surface area contributed by atoms with Crippen molar-refractivity contribution < 1.29 is 14.0 Å². The van der Waals surface area contributed by atoms with E-state index in [0.29, 0.717) is 35.9 Å². The van der Waals surface area contributed by atoms with Gasteiger partial charge in [0.2, 0.25) is 11.8 Å². The SMILES string of the molecule is CCn1c(CN2CCCCCC2=O)nnc1SCC(=O)Nc1ccc(C)c(F)c1. The van der Waals surface area contributed by atoms with E-state index in [1.807, 2.05) is 16.4 Å². The quantitative estimate of drug-likeness (QED) is 0.696. The Morgan fingerprint density at radius 2 is 2.10 bits per heavy atom. The maximum absolute atomic E-state index is 13.6. The number of amides is 2. The number of rotatable bonds is 7. The van der Waals surface area contributed by atoms with Crippen molar-refractivity contribution in [2.45, 2.75) is 57.8 Å². The second-order valence-corrected chi connectivity index (χ2v) is 8.01. The highest BCUT2D eigenvalue weighted by molar-refractivity contribution is 7.99. The molecule has 0 radical (unpaired) electrons. The lowest BCUT2D eigenvalue weighted by Crippen LogP contribution is -2.31. The van der Waals surface area contributed by atoms with Gasteiger partial charge in [-0.2, -0.15) is 0 Å². The molecule has 1 aromatic heterocycles. The lowest BCUT2D eigenvalue weighted by Gasteiger charge is -2.20. The zero-order valence-electron chi connectivity index (χ0n) is 16.8. The summed E-state index contributed by atoms with van der Waals surface area (Å²) in [5.41, 5.74) is 0.958. The standard InChI is InChI=1S/C20H26FN5O2S/c1-3-26-17(12-25-10-6-4-5-7-19(25)28)23-24-20(26)29-13-18(27)22-15-9-8-14(2)16(21)11-15/h8-9,11H,3-7,10,12-13H2,1-2H3,(H,22,27). The van der Waals surface area contributed by atoms with Gasteiger partial charge in [0.1, 0.15) is 5.82 Å². The van der Waals surface area contributed by atoms with E-state index in [4.69, 9.17) is 0 Å². The van der Waals surface area contributed by atoms with Crippen LogP contribution in [0.25, 0.3) is 0 Å². The molecule has 1 saturated heterocycles. The number of likely N-dealkylation sites (tertiary alicyclic amines) is 1. The smallest absolute Gasteiger partial charge is 0.234 e. The van der Waals surface area contributed by atoms with Gasteiger partial charge in [-0.1, -0.05) is 24.2 Å². The Morgan fingerprint density at radius 3 is 2.86 bits per heavy atom. The van der Waals surface area contributed by atoms with Crippen LogP contribution < -0.4 is 5.32 Å². The molecule has 2 amide bonds. The Bertz CT molecular complexity index is 886. The molecular formula is C20H26FN5O2S. The second-order valence-electron chi connectivity index (χ2n) is 7.07. The van der Waals surface area contributed by atoms with E-state index in [2.05, 4.69) is 15.5 Å². The highest BCUT2D eigenvalue weighted by atomic mass is 32.2. The number of nitrogens with zero attached hydrogens (tertiary/aromatic N) is 4.